The number of carbonyl (C=O) groups is 1. The lowest BCUT2D eigenvalue weighted by molar-refractivity contribution is 0.102. The van der Waals surface area contributed by atoms with E-state index >= 15 is 0 Å². The van der Waals surface area contributed by atoms with Crippen LogP contribution < -0.4 is 10.1 Å². The van der Waals surface area contributed by atoms with Crippen LogP contribution in [0.5, 0.6) is 5.75 Å². The predicted molar refractivity (Wildman–Crippen MR) is 104 cm³/mol. The Labute approximate surface area is 164 Å². The first-order valence-corrected chi connectivity index (χ1v) is 9.80. The third-order valence-electron chi connectivity index (χ3n) is 3.42. The number of ether oxygens (including phenoxy) is 1. The molecule has 1 heterocycles. The van der Waals surface area contributed by atoms with Gasteiger partial charge in [-0.05, 0) is 43.3 Å². The number of rotatable bonds is 7. The highest BCUT2D eigenvalue weighted by molar-refractivity contribution is 7.99. The molecule has 0 saturated carbocycles. The molecule has 0 aliphatic rings. The zero-order chi connectivity index (χ0) is 19.2. The van der Waals surface area contributed by atoms with Crippen LogP contribution in [0.3, 0.4) is 0 Å². The van der Waals surface area contributed by atoms with Crippen molar-refractivity contribution >= 4 is 34.1 Å². The number of nitrogens with zero attached hydrogens (tertiary/aromatic N) is 1. The fourth-order valence-electron chi connectivity index (χ4n) is 2.22. The molecule has 0 bridgehead atoms. The summed E-state index contributed by atoms with van der Waals surface area (Å²) >= 11 is 2.63. The molecule has 3 aromatic rings. The van der Waals surface area contributed by atoms with E-state index in [1.54, 1.807) is 48.8 Å². The number of hydrogen-bond acceptors (Lipinski definition) is 6. The van der Waals surface area contributed by atoms with Crippen LogP contribution in [-0.2, 0) is 0 Å². The number of nitrogens with one attached hydrogen (secondary N) is 1. The standard InChI is InChI=1S/C19H17FN2O3S2/c1-12(11-23)25-15-7-13(18(24)22-19-21-5-6-26-19)8-17(10-15)27-16-4-2-3-14(20)9-16/h2-10,12,23H,11H2,1H3,(H,21,22,24)/t12-/m0/s1. The van der Waals surface area contributed by atoms with Crippen molar-refractivity contribution in [1.82, 2.24) is 4.98 Å². The van der Waals surface area contributed by atoms with Gasteiger partial charge in [-0.3, -0.25) is 10.1 Å². The Hall–Kier alpha value is -2.42. The van der Waals surface area contributed by atoms with Crippen LogP contribution in [0.25, 0.3) is 0 Å². The van der Waals surface area contributed by atoms with Gasteiger partial charge in [-0.15, -0.1) is 11.3 Å². The molecule has 1 aromatic heterocycles. The van der Waals surface area contributed by atoms with E-state index in [0.29, 0.717) is 26.2 Å². The van der Waals surface area contributed by atoms with Gasteiger partial charge in [0.05, 0.1) is 6.61 Å². The number of carbonyl (C=O) groups excluding carboxylic acids is 1. The molecule has 0 radical (unpaired) electrons. The normalized spacial score (nSPS) is 11.8. The average Bonchev–Trinajstić information content (AvgIpc) is 3.14. The van der Waals surface area contributed by atoms with Crippen molar-refractivity contribution < 1.29 is 19.0 Å². The lowest BCUT2D eigenvalue weighted by Gasteiger charge is -2.14. The Morgan fingerprint density at radius 1 is 1.33 bits per heavy atom. The van der Waals surface area contributed by atoms with Crippen LogP contribution in [0.2, 0.25) is 0 Å². The molecule has 140 valence electrons. The molecule has 1 amide bonds. The third kappa shape index (κ3) is 5.53. The van der Waals surface area contributed by atoms with Gasteiger partial charge in [0, 0.05) is 26.9 Å². The number of hydrogen-bond donors (Lipinski definition) is 2. The van der Waals surface area contributed by atoms with Gasteiger partial charge in [-0.2, -0.15) is 0 Å². The SMILES string of the molecule is C[C@@H](CO)Oc1cc(Sc2cccc(F)c2)cc(C(=O)Nc2nccs2)c1. The molecule has 0 unspecified atom stereocenters. The largest absolute Gasteiger partial charge is 0.488 e. The summed E-state index contributed by atoms with van der Waals surface area (Å²) in [7, 11) is 0. The number of aliphatic hydroxyl groups is 1. The van der Waals surface area contributed by atoms with Crippen molar-refractivity contribution in [3.8, 4) is 5.75 Å². The smallest absolute Gasteiger partial charge is 0.257 e. The highest BCUT2D eigenvalue weighted by atomic mass is 32.2. The Bertz CT molecular complexity index is 919. The number of aliphatic hydroxyl groups excluding tert-OH is 1. The van der Waals surface area contributed by atoms with Gasteiger partial charge in [-0.1, -0.05) is 17.8 Å². The summed E-state index contributed by atoms with van der Waals surface area (Å²) in [4.78, 5) is 18.0. The average molecular weight is 404 g/mol. The molecule has 3 rings (SSSR count). The molecular weight excluding hydrogens is 387 g/mol. The Kier molecular flexibility index (Phi) is 6.44. The van der Waals surface area contributed by atoms with Crippen LogP contribution in [-0.4, -0.2) is 28.7 Å². The van der Waals surface area contributed by atoms with Crippen LogP contribution in [0.4, 0.5) is 9.52 Å². The zero-order valence-electron chi connectivity index (χ0n) is 14.4. The minimum absolute atomic E-state index is 0.151. The van der Waals surface area contributed by atoms with Crippen molar-refractivity contribution in [2.24, 2.45) is 0 Å². The zero-order valence-corrected chi connectivity index (χ0v) is 16.0. The minimum Gasteiger partial charge on any atom is -0.488 e. The van der Waals surface area contributed by atoms with E-state index in [4.69, 9.17) is 4.74 Å². The van der Waals surface area contributed by atoms with Crippen molar-refractivity contribution in [3.63, 3.8) is 0 Å². The molecule has 2 N–H and O–H groups in total. The van der Waals surface area contributed by atoms with Gasteiger partial charge >= 0.3 is 0 Å². The van der Waals surface area contributed by atoms with Gasteiger partial charge in [0.2, 0.25) is 0 Å². The van der Waals surface area contributed by atoms with E-state index in [-0.39, 0.29) is 18.3 Å². The van der Waals surface area contributed by atoms with Gasteiger partial charge in [0.25, 0.3) is 5.91 Å². The molecular formula is C19H17FN2O3S2. The van der Waals surface area contributed by atoms with Crippen LogP contribution in [0.1, 0.15) is 17.3 Å². The van der Waals surface area contributed by atoms with Crippen LogP contribution in [0.15, 0.2) is 63.8 Å². The first-order valence-electron chi connectivity index (χ1n) is 8.10. The molecule has 2 aromatic carbocycles. The number of anilines is 1. The molecule has 8 heteroatoms. The van der Waals surface area contributed by atoms with Crippen molar-refractivity contribution in [2.45, 2.75) is 22.8 Å². The van der Waals surface area contributed by atoms with Crippen LogP contribution in [0, 0.1) is 5.82 Å². The lowest BCUT2D eigenvalue weighted by Crippen LogP contribution is -2.17. The molecule has 5 nitrogen and oxygen atoms in total. The van der Waals surface area contributed by atoms with Crippen molar-refractivity contribution in [3.05, 3.63) is 65.4 Å². The summed E-state index contributed by atoms with van der Waals surface area (Å²) in [6.45, 7) is 1.57. The first kappa shape index (κ1) is 19.3. The summed E-state index contributed by atoms with van der Waals surface area (Å²) in [6, 6.07) is 11.3. The van der Waals surface area contributed by atoms with Gasteiger partial charge in [-0.25, -0.2) is 9.37 Å². The summed E-state index contributed by atoms with van der Waals surface area (Å²) in [5.41, 5.74) is 0.381. The van der Waals surface area contributed by atoms with E-state index in [2.05, 4.69) is 10.3 Å². The summed E-state index contributed by atoms with van der Waals surface area (Å²) in [6.07, 6.45) is 1.18. The summed E-state index contributed by atoms with van der Waals surface area (Å²) in [5.74, 6) is -0.210. The molecule has 0 aliphatic heterocycles. The summed E-state index contributed by atoms with van der Waals surface area (Å²) in [5, 5.41) is 14.2. The van der Waals surface area contributed by atoms with Gasteiger partial charge in [0.15, 0.2) is 5.13 Å². The van der Waals surface area contributed by atoms with Crippen molar-refractivity contribution in [2.75, 3.05) is 11.9 Å². The lowest BCUT2D eigenvalue weighted by atomic mass is 10.2. The van der Waals surface area contributed by atoms with Crippen LogP contribution >= 0.6 is 23.1 Å². The van der Waals surface area contributed by atoms with E-state index in [1.165, 1.54) is 35.2 Å². The molecule has 0 fully saturated rings. The minimum atomic E-state index is -0.422. The van der Waals surface area contributed by atoms with E-state index in [1.807, 2.05) is 0 Å². The number of halogens is 1. The monoisotopic (exact) mass is 404 g/mol. The quantitative estimate of drug-likeness (QED) is 0.609. The number of amides is 1. The predicted octanol–water partition coefficient (Wildman–Crippen LogP) is 4.45. The summed E-state index contributed by atoms with van der Waals surface area (Å²) < 4.78 is 19.1. The van der Waals surface area contributed by atoms with E-state index in [9.17, 15) is 14.3 Å². The molecule has 0 aliphatic carbocycles. The highest BCUT2D eigenvalue weighted by Gasteiger charge is 2.13. The Balaban J connectivity index is 1.89. The topological polar surface area (TPSA) is 71.5 Å². The van der Waals surface area contributed by atoms with Gasteiger partial charge in [0.1, 0.15) is 17.7 Å². The maximum atomic E-state index is 13.5. The molecule has 27 heavy (non-hydrogen) atoms. The number of thiazole rings is 1. The second-order valence-electron chi connectivity index (χ2n) is 5.65. The molecule has 1 atom stereocenters. The fourth-order valence-corrected chi connectivity index (χ4v) is 3.70. The Morgan fingerprint density at radius 2 is 2.19 bits per heavy atom. The second kappa shape index (κ2) is 8.98. The Morgan fingerprint density at radius 3 is 2.89 bits per heavy atom. The van der Waals surface area contributed by atoms with Gasteiger partial charge < -0.3 is 9.84 Å². The fraction of sp³-hybridized carbons (Fsp3) is 0.158. The first-order chi connectivity index (χ1) is 13.0. The molecule has 0 saturated heterocycles. The number of aromatic nitrogens is 1. The molecule has 0 spiro atoms. The third-order valence-corrected chi connectivity index (χ3v) is 5.07. The maximum Gasteiger partial charge on any atom is 0.257 e. The number of benzene rings is 2. The maximum absolute atomic E-state index is 13.5. The second-order valence-corrected chi connectivity index (χ2v) is 7.70. The highest BCUT2D eigenvalue weighted by Crippen LogP contribution is 2.32. The van der Waals surface area contributed by atoms with E-state index < -0.39 is 6.10 Å². The van der Waals surface area contributed by atoms with E-state index in [0.717, 1.165) is 0 Å². The van der Waals surface area contributed by atoms with Crippen molar-refractivity contribution in [1.29, 1.82) is 0 Å².